The summed E-state index contributed by atoms with van der Waals surface area (Å²) in [5, 5.41) is 11.5. The van der Waals surface area contributed by atoms with Crippen molar-refractivity contribution >= 4 is 23.2 Å². The molecule has 1 amide bonds. The molecule has 0 aliphatic heterocycles. The molecule has 0 saturated carbocycles. The van der Waals surface area contributed by atoms with Gasteiger partial charge in [-0.05, 0) is 30.7 Å². The highest BCUT2D eigenvalue weighted by Crippen LogP contribution is 2.23. The summed E-state index contributed by atoms with van der Waals surface area (Å²) in [6.07, 6.45) is 0. The summed E-state index contributed by atoms with van der Waals surface area (Å²) in [7, 11) is 0. The van der Waals surface area contributed by atoms with E-state index in [0.717, 1.165) is 12.1 Å². The molecule has 0 heterocycles. The average molecular weight is 298 g/mol. The molecule has 0 aliphatic carbocycles. The number of hydrogen-bond donors (Lipinski definition) is 2. The molecule has 3 nitrogen and oxygen atoms in total. The predicted molar refractivity (Wildman–Crippen MR) is 72.2 cm³/mol. The Morgan fingerprint density at radius 1 is 1.20 bits per heavy atom. The Labute approximate surface area is 118 Å². The second-order valence-corrected chi connectivity index (χ2v) is 4.61. The maximum atomic E-state index is 13.6. The van der Waals surface area contributed by atoms with Gasteiger partial charge in [0.2, 0.25) is 0 Å². The topological polar surface area (TPSA) is 49.3 Å². The Balaban J connectivity index is 2.28. The summed E-state index contributed by atoms with van der Waals surface area (Å²) in [5.74, 6) is -2.65. The van der Waals surface area contributed by atoms with E-state index in [-0.39, 0.29) is 11.4 Å². The summed E-state index contributed by atoms with van der Waals surface area (Å²) >= 11 is 5.41. The first-order chi connectivity index (χ1) is 9.38. The molecule has 0 aliphatic rings. The highest BCUT2D eigenvalue weighted by atomic mass is 35.5. The van der Waals surface area contributed by atoms with Crippen LogP contribution in [-0.4, -0.2) is 11.0 Å². The molecule has 0 aromatic heterocycles. The van der Waals surface area contributed by atoms with E-state index in [2.05, 4.69) is 5.32 Å². The van der Waals surface area contributed by atoms with Crippen LogP contribution >= 0.6 is 11.6 Å². The number of halogens is 3. The maximum absolute atomic E-state index is 13.6. The second-order valence-electron chi connectivity index (χ2n) is 4.20. The van der Waals surface area contributed by atoms with Crippen molar-refractivity contribution in [3.8, 4) is 5.75 Å². The molecule has 0 bridgehead atoms. The normalized spacial score (nSPS) is 10.4. The molecule has 2 aromatic rings. The van der Waals surface area contributed by atoms with E-state index in [9.17, 15) is 18.7 Å². The lowest BCUT2D eigenvalue weighted by Crippen LogP contribution is -2.14. The lowest BCUT2D eigenvalue weighted by molar-refractivity contribution is 0.102. The standard InChI is InChI=1S/C14H10ClF2NO2/c1-7-2-3-8(4-13(7)19)18-14(20)9-5-12(17)10(15)6-11(9)16/h2-6,19H,1H3,(H,18,20). The van der Waals surface area contributed by atoms with Crippen LogP contribution in [0.5, 0.6) is 5.75 Å². The summed E-state index contributed by atoms with van der Waals surface area (Å²) in [6.45, 7) is 1.69. The number of phenolic OH excluding ortho intramolecular Hbond substituents is 1. The number of rotatable bonds is 2. The van der Waals surface area contributed by atoms with E-state index < -0.39 is 28.1 Å². The number of carbonyl (C=O) groups is 1. The maximum Gasteiger partial charge on any atom is 0.258 e. The molecule has 0 saturated heterocycles. The first kappa shape index (κ1) is 14.3. The van der Waals surface area contributed by atoms with E-state index >= 15 is 0 Å². The van der Waals surface area contributed by atoms with Crippen molar-refractivity contribution < 1.29 is 18.7 Å². The largest absolute Gasteiger partial charge is 0.508 e. The van der Waals surface area contributed by atoms with E-state index in [1.165, 1.54) is 12.1 Å². The van der Waals surface area contributed by atoms with Gasteiger partial charge in [-0.15, -0.1) is 0 Å². The number of aryl methyl sites for hydroxylation is 1. The van der Waals surface area contributed by atoms with Gasteiger partial charge in [0.05, 0.1) is 10.6 Å². The first-order valence-electron chi connectivity index (χ1n) is 5.64. The van der Waals surface area contributed by atoms with Gasteiger partial charge in [0.1, 0.15) is 17.4 Å². The number of aromatic hydroxyl groups is 1. The Bertz CT molecular complexity index is 689. The molecular weight excluding hydrogens is 288 g/mol. The Kier molecular flexibility index (Phi) is 3.90. The van der Waals surface area contributed by atoms with Crippen molar-refractivity contribution in [3.63, 3.8) is 0 Å². The minimum absolute atomic E-state index is 0.00874. The number of benzene rings is 2. The zero-order chi connectivity index (χ0) is 14.9. The van der Waals surface area contributed by atoms with Gasteiger partial charge in [0.25, 0.3) is 5.91 Å². The molecule has 6 heteroatoms. The third kappa shape index (κ3) is 2.88. The molecule has 20 heavy (non-hydrogen) atoms. The number of amides is 1. The van der Waals surface area contributed by atoms with Gasteiger partial charge < -0.3 is 10.4 Å². The molecule has 0 fully saturated rings. The van der Waals surface area contributed by atoms with Crippen molar-refractivity contribution in [1.82, 2.24) is 0 Å². The van der Waals surface area contributed by atoms with E-state index in [4.69, 9.17) is 11.6 Å². The fourth-order valence-corrected chi connectivity index (χ4v) is 1.73. The molecule has 0 spiro atoms. The summed E-state index contributed by atoms with van der Waals surface area (Å²) in [5.41, 5.74) is 0.437. The van der Waals surface area contributed by atoms with E-state index in [0.29, 0.717) is 5.56 Å². The number of hydrogen-bond acceptors (Lipinski definition) is 2. The summed E-state index contributed by atoms with van der Waals surface area (Å²) in [4.78, 5) is 11.9. The first-order valence-corrected chi connectivity index (χ1v) is 6.02. The SMILES string of the molecule is Cc1ccc(NC(=O)c2cc(F)c(Cl)cc2F)cc1O. The van der Waals surface area contributed by atoms with Gasteiger partial charge in [-0.1, -0.05) is 17.7 Å². The van der Waals surface area contributed by atoms with E-state index in [1.54, 1.807) is 13.0 Å². The number of carbonyl (C=O) groups excluding carboxylic acids is 1. The van der Waals surface area contributed by atoms with Crippen LogP contribution in [0.3, 0.4) is 0 Å². The smallest absolute Gasteiger partial charge is 0.258 e. The van der Waals surface area contributed by atoms with Crippen LogP contribution in [0.15, 0.2) is 30.3 Å². The molecule has 2 aromatic carbocycles. The van der Waals surface area contributed by atoms with Crippen LogP contribution in [0, 0.1) is 18.6 Å². The molecule has 2 rings (SSSR count). The number of anilines is 1. The van der Waals surface area contributed by atoms with Gasteiger partial charge in [-0.3, -0.25) is 4.79 Å². The van der Waals surface area contributed by atoms with Crippen LogP contribution < -0.4 is 5.32 Å². The Hall–Kier alpha value is -2.14. The molecule has 0 unspecified atom stereocenters. The van der Waals surface area contributed by atoms with Gasteiger partial charge in [0, 0.05) is 11.8 Å². The van der Waals surface area contributed by atoms with Crippen molar-refractivity contribution in [3.05, 3.63) is 58.1 Å². The van der Waals surface area contributed by atoms with Crippen LogP contribution in [-0.2, 0) is 0 Å². The van der Waals surface area contributed by atoms with Gasteiger partial charge in [-0.2, -0.15) is 0 Å². The van der Waals surface area contributed by atoms with Gasteiger partial charge >= 0.3 is 0 Å². The van der Waals surface area contributed by atoms with Crippen molar-refractivity contribution in [2.75, 3.05) is 5.32 Å². The fraction of sp³-hybridized carbons (Fsp3) is 0.0714. The lowest BCUT2D eigenvalue weighted by Gasteiger charge is -2.08. The molecule has 104 valence electrons. The highest BCUT2D eigenvalue weighted by Gasteiger charge is 2.16. The molecular formula is C14H10ClF2NO2. The third-order valence-electron chi connectivity index (χ3n) is 2.72. The average Bonchev–Trinajstić information content (AvgIpc) is 2.38. The fourth-order valence-electron chi connectivity index (χ4n) is 1.58. The summed E-state index contributed by atoms with van der Waals surface area (Å²) < 4.78 is 26.8. The molecule has 0 atom stereocenters. The molecule has 2 N–H and O–H groups in total. The second kappa shape index (κ2) is 5.46. The zero-order valence-electron chi connectivity index (χ0n) is 10.4. The van der Waals surface area contributed by atoms with Crippen LogP contribution in [0.25, 0.3) is 0 Å². The highest BCUT2D eigenvalue weighted by molar-refractivity contribution is 6.30. The molecule has 0 radical (unpaired) electrons. The number of phenols is 1. The minimum atomic E-state index is -0.926. The van der Waals surface area contributed by atoms with Crippen molar-refractivity contribution in [1.29, 1.82) is 0 Å². The third-order valence-corrected chi connectivity index (χ3v) is 3.01. The van der Waals surface area contributed by atoms with Crippen molar-refractivity contribution in [2.45, 2.75) is 6.92 Å². The van der Waals surface area contributed by atoms with Crippen LogP contribution in [0.2, 0.25) is 5.02 Å². The quantitative estimate of drug-likeness (QED) is 0.826. The Morgan fingerprint density at radius 2 is 1.90 bits per heavy atom. The number of nitrogens with one attached hydrogen (secondary N) is 1. The van der Waals surface area contributed by atoms with Crippen LogP contribution in [0.1, 0.15) is 15.9 Å². The van der Waals surface area contributed by atoms with Gasteiger partial charge in [-0.25, -0.2) is 8.78 Å². The monoisotopic (exact) mass is 297 g/mol. The lowest BCUT2D eigenvalue weighted by atomic mass is 10.1. The predicted octanol–water partition coefficient (Wildman–Crippen LogP) is 3.88. The van der Waals surface area contributed by atoms with E-state index in [1.807, 2.05) is 0 Å². The van der Waals surface area contributed by atoms with Crippen LogP contribution in [0.4, 0.5) is 14.5 Å². The van der Waals surface area contributed by atoms with Crippen molar-refractivity contribution in [2.24, 2.45) is 0 Å². The summed E-state index contributed by atoms with van der Waals surface area (Å²) in [6, 6.07) is 5.90. The Morgan fingerprint density at radius 3 is 2.55 bits per heavy atom. The van der Waals surface area contributed by atoms with Gasteiger partial charge in [0.15, 0.2) is 0 Å². The zero-order valence-corrected chi connectivity index (χ0v) is 11.1. The minimum Gasteiger partial charge on any atom is -0.508 e.